The van der Waals surface area contributed by atoms with Crippen molar-refractivity contribution in [2.24, 2.45) is 0 Å². The maximum absolute atomic E-state index is 12.0. The summed E-state index contributed by atoms with van der Waals surface area (Å²) < 4.78 is 11.4. The molecule has 0 spiro atoms. The number of aliphatic hydroxyl groups is 1. The van der Waals surface area contributed by atoms with Crippen LogP contribution in [0.1, 0.15) is 40.9 Å². The van der Waals surface area contributed by atoms with Gasteiger partial charge in [-0.1, -0.05) is 30.3 Å². The number of hydrogen-bond acceptors (Lipinski definition) is 4. The van der Waals surface area contributed by atoms with E-state index in [1.807, 2.05) is 30.3 Å². The average Bonchev–Trinajstić information content (AvgIpc) is 3.04. The monoisotopic (exact) mass is 356 g/mol. The highest BCUT2D eigenvalue weighted by molar-refractivity contribution is 5.94. The molecule has 1 heterocycles. The molecule has 0 aromatic heterocycles. The van der Waals surface area contributed by atoms with Gasteiger partial charge in [-0.15, -0.1) is 0 Å². The van der Waals surface area contributed by atoms with E-state index in [1.165, 1.54) is 0 Å². The summed E-state index contributed by atoms with van der Waals surface area (Å²) in [7, 11) is 1.56. The van der Waals surface area contributed by atoms with E-state index in [-0.39, 0.29) is 5.56 Å². The molecule has 0 bridgehead atoms. The first-order chi connectivity index (χ1) is 12.3. The Bertz CT molecular complexity index is 805. The second-order valence-corrected chi connectivity index (χ2v) is 7.18. The van der Waals surface area contributed by atoms with Crippen LogP contribution in [0.3, 0.4) is 0 Å². The Labute approximate surface area is 153 Å². The minimum Gasteiger partial charge on any atom is -0.496 e. The van der Waals surface area contributed by atoms with Crippen LogP contribution in [0.25, 0.3) is 0 Å². The summed E-state index contributed by atoms with van der Waals surface area (Å²) in [5, 5.41) is 20.1. The number of rotatable bonds is 6. The molecule has 1 aliphatic rings. The minimum atomic E-state index is -1.08. The van der Waals surface area contributed by atoms with Crippen molar-refractivity contribution < 1.29 is 24.5 Å². The fourth-order valence-electron chi connectivity index (χ4n) is 3.35. The Balaban J connectivity index is 2.00. The lowest BCUT2D eigenvalue weighted by Gasteiger charge is -2.24. The highest BCUT2D eigenvalue weighted by Crippen LogP contribution is 2.43. The van der Waals surface area contributed by atoms with Gasteiger partial charge in [0.2, 0.25) is 0 Å². The quantitative estimate of drug-likeness (QED) is 0.831. The van der Waals surface area contributed by atoms with Crippen molar-refractivity contribution in [3.8, 4) is 11.5 Å². The molecule has 138 valence electrons. The van der Waals surface area contributed by atoms with Gasteiger partial charge < -0.3 is 19.7 Å². The molecule has 1 atom stereocenters. The van der Waals surface area contributed by atoms with Crippen molar-refractivity contribution in [3.05, 3.63) is 58.7 Å². The molecular weight excluding hydrogens is 332 g/mol. The van der Waals surface area contributed by atoms with Crippen molar-refractivity contribution >= 4 is 5.97 Å². The number of hydrogen-bond donors (Lipinski definition) is 2. The number of aromatic carboxylic acids is 1. The smallest absolute Gasteiger partial charge is 0.339 e. The van der Waals surface area contributed by atoms with E-state index in [0.29, 0.717) is 35.5 Å². The number of aryl methyl sites for hydroxylation is 2. The Hall–Kier alpha value is -2.53. The first kappa shape index (κ1) is 18.3. The lowest BCUT2D eigenvalue weighted by Crippen LogP contribution is -2.39. The summed E-state index contributed by atoms with van der Waals surface area (Å²) in [5.41, 5.74) is 1.61. The van der Waals surface area contributed by atoms with E-state index >= 15 is 0 Å². The number of carboxylic acid groups (broad SMARTS) is 1. The third-order valence-electron chi connectivity index (χ3n) is 4.82. The Morgan fingerprint density at radius 2 is 1.96 bits per heavy atom. The van der Waals surface area contributed by atoms with Gasteiger partial charge in [-0.05, 0) is 43.9 Å². The predicted molar refractivity (Wildman–Crippen MR) is 98.2 cm³/mol. The predicted octanol–water partition coefficient (Wildman–Crippen LogP) is 3.25. The summed E-state index contributed by atoms with van der Waals surface area (Å²) in [4.78, 5) is 12.0. The van der Waals surface area contributed by atoms with E-state index < -0.39 is 17.7 Å². The van der Waals surface area contributed by atoms with Gasteiger partial charge in [0, 0.05) is 12.0 Å². The van der Waals surface area contributed by atoms with Crippen LogP contribution in [0.15, 0.2) is 36.4 Å². The molecule has 5 nitrogen and oxygen atoms in total. The molecule has 0 radical (unpaired) electrons. The van der Waals surface area contributed by atoms with E-state index in [1.54, 1.807) is 27.0 Å². The standard InChI is InChI=1S/C21H24O5/c1-21(2,24)17-12-15-16(25-3)11-14(18(20(22)23)19(15)26-17)10-9-13-7-5-4-6-8-13/h4-8,11,17,24H,9-10,12H2,1-3H3,(H,22,23)/t17-/m0/s1. The molecule has 2 aromatic carbocycles. The Kier molecular flexibility index (Phi) is 4.92. The molecule has 0 fully saturated rings. The van der Waals surface area contributed by atoms with Crippen molar-refractivity contribution in [1.29, 1.82) is 0 Å². The third-order valence-corrected chi connectivity index (χ3v) is 4.82. The molecule has 0 saturated carbocycles. The summed E-state index contributed by atoms with van der Waals surface area (Å²) in [6.07, 6.45) is 1.19. The lowest BCUT2D eigenvalue weighted by atomic mass is 9.93. The number of fused-ring (bicyclic) bond motifs is 1. The number of methoxy groups -OCH3 is 1. The first-order valence-corrected chi connectivity index (χ1v) is 8.70. The zero-order valence-corrected chi connectivity index (χ0v) is 15.3. The zero-order chi connectivity index (χ0) is 18.9. The largest absolute Gasteiger partial charge is 0.496 e. The first-order valence-electron chi connectivity index (χ1n) is 8.70. The molecule has 2 N–H and O–H groups in total. The molecule has 3 rings (SSSR count). The second kappa shape index (κ2) is 7.00. The topological polar surface area (TPSA) is 76.0 Å². The summed E-state index contributed by atoms with van der Waals surface area (Å²) >= 11 is 0. The van der Waals surface area contributed by atoms with Crippen molar-refractivity contribution in [1.82, 2.24) is 0 Å². The van der Waals surface area contributed by atoms with Crippen LogP contribution >= 0.6 is 0 Å². The summed E-state index contributed by atoms with van der Waals surface area (Å²) in [6, 6.07) is 11.7. The molecule has 5 heteroatoms. The molecule has 1 aliphatic heterocycles. The molecule has 0 unspecified atom stereocenters. The van der Waals surface area contributed by atoms with Gasteiger partial charge in [-0.2, -0.15) is 0 Å². The fourth-order valence-corrected chi connectivity index (χ4v) is 3.35. The van der Waals surface area contributed by atoms with Gasteiger partial charge in [0.25, 0.3) is 0 Å². The van der Waals surface area contributed by atoms with Gasteiger partial charge in [0.1, 0.15) is 23.2 Å². The molecule has 0 aliphatic carbocycles. The fraction of sp³-hybridized carbons (Fsp3) is 0.381. The normalized spacial score (nSPS) is 16.1. The summed E-state index contributed by atoms with van der Waals surface area (Å²) in [6.45, 7) is 3.32. The van der Waals surface area contributed by atoms with E-state index in [4.69, 9.17) is 9.47 Å². The maximum atomic E-state index is 12.0. The molecule has 0 amide bonds. The Morgan fingerprint density at radius 3 is 2.54 bits per heavy atom. The minimum absolute atomic E-state index is 0.170. The highest BCUT2D eigenvalue weighted by atomic mass is 16.5. The number of benzene rings is 2. The lowest BCUT2D eigenvalue weighted by molar-refractivity contribution is -0.0233. The van der Waals surface area contributed by atoms with Crippen LogP contribution in [0.5, 0.6) is 11.5 Å². The number of carboxylic acids is 1. The number of ether oxygens (including phenoxy) is 2. The van der Waals surface area contributed by atoms with Gasteiger partial charge in [-0.3, -0.25) is 0 Å². The van der Waals surface area contributed by atoms with Gasteiger partial charge in [0.15, 0.2) is 0 Å². The average molecular weight is 356 g/mol. The second-order valence-electron chi connectivity index (χ2n) is 7.18. The van der Waals surface area contributed by atoms with Crippen LogP contribution in [0.4, 0.5) is 0 Å². The van der Waals surface area contributed by atoms with E-state index in [0.717, 1.165) is 12.0 Å². The highest BCUT2D eigenvalue weighted by Gasteiger charge is 2.39. The van der Waals surface area contributed by atoms with Gasteiger partial charge in [-0.25, -0.2) is 4.79 Å². The third kappa shape index (κ3) is 3.53. The molecule has 26 heavy (non-hydrogen) atoms. The van der Waals surface area contributed by atoms with Crippen molar-refractivity contribution in [2.45, 2.75) is 44.8 Å². The van der Waals surface area contributed by atoms with Crippen LogP contribution in [0, 0.1) is 0 Å². The van der Waals surface area contributed by atoms with Crippen molar-refractivity contribution in [3.63, 3.8) is 0 Å². The van der Waals surface area contributed by atoms with E-state index in [9.17, 15) is 15.0 Å². The van der Waals surface area contributed by atoms with Crippen LogP contribution in [0.2, 0.25) is 0 Å². The van der Waals surface area contributed by atoms with Crippen LogP contribution in [-0.2, 0) is 19.3 Å². The zero-order valence-electron chi connectivity index (χ0n) is 15.3. The SMILES string of the molecule is COc1cc(CCc2ccccc2)c(C(=O)O)c2c1C[C@@H](C(C)(C)O)O2. The maximum Gasteiger partial charge on any atom is 0.339 e. The van der Waals surface area contributed by atoms with Crippen molar-refractivity contribution in [2.75, 3.05) is 7.11 Å². The molecular formula is C21H24O5. The van der Waals surface area contributed by atoms with Crippen LogP contribution < -0.4 is 9.47 Å². The summed E-state index contributed by atoms with van der Waals surface area (Å²) in [5.74, 6) is -0.0878. The molecule has 2 aromatic rings. The van der Waals surface area contributed by atoms with Gasteiger partial charge in [0.05, 0.1) is 12.7 Å². The van der Waals surface area contributed by atoms with Crippen LogP contribution in [-0.4, -0.2) is 35.0 Å². The molecule has 0 saturated heterocycles. The van der Waals surface area contributed by atoms with Gasteiger partial charge >= 0.3 is 5.97 Å². The number of carbonyl (C=O) groups is 1. The van der Waals surface area contributed by atoms with E-state index in [2.05, 4.69) is 0 Å². The Morgan fingerprint density at radius 1 is 1.27 bits per heavy atom.